The SMILES string of the molecule is NCC#Cc1cccc(NC(=O)c2c(F)cccc2F)c1. The van der Waals surface area contributed by atoms with Gasteiger partial charge in [-0.3, -0.25) is 4.79 Å². The molecule has 0 aliphatic heterocycles. The van der Waals surface area contributed by atoms with Crippen LogP contribution in [0.4, 0.5) is 14.5 Å². The number of benzene rings is 2. The van der Waals surface area contributed by atoms with Crippen LogP contribution in [0.2, 0.25) is 0 Å². The van der Waals surface area contributed by atoms with E-state index in [9.17, 15) is 13.6 Å². The van der Waals surface area contributed by atoms with E-state index in [1.54, 1.807) is 24.3 Å². The lowest BCUT2D eigenvalue weighted by Gasteiger charge is -2.07. The van der Waals surface area contributed by atoms with E-state index in [2.05, 4.69) is 17.2 Å². The van der Waals surface area contributed by atoms with Crippen LogP contribution in [0, 0.1) is 23.5 Å². The van der Waals surface area contributed by atoms with Crippen LogP contribution < -0.4 is 11.1 Å². The van der Waals surface area contributed by atoms with Gasteiger partial charge in [-0.2, -0.15) is 0 Å². The van der Waals surface area contributed by atoms with Gasteiger partial charge in [-0.05, 0) is 30.3 Å². The molecule has 0 aliphatic carbocycles. The van der Waals surface area contributed by atoms with Gasteiger partial charge in [0.2, 0.25) is 0 Å². The second-order valence-electron chi connectivity index (χ2n) is 4.14. The standard InChI is InChI=1S/C16H12F2N2O/c17-13-7-2-8-14(18)15(13)16(21)20-12-6-1-4-11(10-12)5-3-9-19/h1-2,4,6-8,10H,9,19H2,(H,20,21). The Labute approximate surface area is 120 Å². The lowest BCUT2D eigenvalue weighted by molar-refractivity contribution is 0.101. The molecular weight excluding hydrogens is 274 g/mol. The van der Waals surface area contributed by atoms with Gasteiger partial charge in [-0.1, -0.05) is 24.0 Å². The summed E-state index contributed by atoms with van der Waals surface area (Å²) in [5.74, 6) is 2.81. The summed E-state index contributed by atoms with van der Waals surface area (Å²) in [4.78, 5) is 11.9. The highest BCUT2D eigenvalue weighted by Gasteiger charge is 2.16. The van der Waals surface area contributed by atoms with Gasteiger partial charge < -0.3 is 11.1 Å². The predicted molar refractivity (Wildman–Crippen MR) is 76.7 cm³/mol. The second-order valence-corrected chi connectivity index (χ2v) is 4.14. The van der Waals surface area contributed by atoms with E-state index in [1.165, 1.54) is 6.07 Å². The molecule has 21 heavy (non-hydrogen) atoms. The molecule has 0 bridgehead atoms. The number of nitrogens with two attached hydrogens (primary N) is 1. The quantitative estimate of drug-likeness (QED) is 0.834. The monoisotopic (exact) mass is 286 g/mol. The number of hydrogen-bond acceptors (Lipinski definition) is 2. The fourth-order valence-corrected chi connectivity index (χ4v) is 1.74. The highest BCUT2D eigenvalue weighted by atomic mass is 19.1. The summed E-state index contributed by atoms with van der Waals surface area (Å²) < 4.78 is 27.0. The lowest BCUT2D eigenvalue weighted by atomic mass is 10.1. The molecule has 0 unspecified atom stereocenters. The number of carbonyl (C=O) groups is 1. The first-order valence-corrected chi connectivity index (χ1v) is 6.16. The van der Waals surface area contributed by atoms with Crippen molar-refractivity contribution in [3.8, 4) is 11.8 Å². The Morgan fingerprint density at radius 2 is 1.81 bits per heavy atom. The Hall–Kier alpha value is -2.71. The van der Waals surface area contributed by atoms with E-state index in [0.717, 1.165) is 12.1 Å². The first kappa shape index (κ1) is 14.7. The minimum atomic E-state index is -0.911. The molecule has 0 saturated carbocycles. The van der Waals surface area contributed by atoms with Crippen LogP contribution in [0.3, 0.4) is 0 Å². The Bertz CT molecular complexity index is 712. The third kappa shape index (κ3) is 3.65. The zero-order valence-corrected chi connectivity index (χ0v) is 11.0. The molecule has 0 radical (unpaired) electrons. The van der Waals surface area contributed by atoms with E-state index in [-0.39, 0.29) is 6.54 Å². The van der Waals surface area contributed by atoms with E-state index in [1.807, 2.05) is 0 Å². The zero-order valence-electron chi connectivity index (χ0n) is 11.0. The molecule has 2 rings (SSSR count). The van der Waals surface area contributed by atoms with Gasteiger partial charge in [-0.15, -0.1) is 0 Å². The predicted octanol–water partition coefficient (Wildman–Crippen LogP) is 2.53. The molecule has 3 N–H and O–H groups in total. The Morgan fingerprint density at radius 1 is 1.14 bits per heavy atom. The van der Waals surface area contributed by atoms with Crippen molar-refractivity contribution in [1.29, 1.82) is 0 Å². The van der Waals surface area contributed by atoms with Gasteiger partial charge in [0, 0.05) is 11.3 Å². The molecular formula is C16H12F2N2O. The summed E-state index contributed by atoms with van der Waals surface area (Å²) in [6.07, 6.45) is 0. The van der Waals surface area contributed by atoms with Crippen LogP contribution in [0.15, 0.2) is 42.5 Å². The Balaban J connectivity index is 2.24. The summed E-state index contributed by atoms with van der Waals surface area (Å²) in [7, 11) is 0. The molecule has 2 aromatic carbocycles. The maximum atomic E-state index is 13.5. The molecule has 0 fully saturated rings. The molecule has 106 valence electrons. The van der Waals surface area contributed by atoms with Crippen LogP contribution >= 0.6 is 0 Å². The van der Waals surface area contributed by atoms with E-state index in [0.29, 0.717) is 11.3 Å². The number of anilines is 1. The smallest absolute Gasteiger partial charge is 0.261 e. The summed E-state index contributed by atoms with van der Waals surface area (Å²) in [5, 5.41) is 2.44. The fourth-order valence-electron chi connectivity index (χ4n) is 1.74. The Morgan fingerprint density at radius 3 is 2.48 bits per heavy atom. The third-order valence-electron chi connectivity index (χ3n) is 2.65. The number of halogens is 2. The molecule has 1 amide bonds. The van der Waals surface area contributed by atoms with E-state index >= 15 is 0 Å². The van der Waals surface area contributed by atoms with Crippen molar-refractivity contribution in [2.45, 2.75) is 0 Å². The number of hydrogen-bond donors (Lipinski definition) is 2. The average molecular weight is 286 g/mol. The Kier molecular flexibility index (Phi) is 4.64. The fraction of sp³-hybridized carbons (Fsp3) is 0.0625. The van der Waals surface area contributed by atoms with Crippen LogP contribution in [-0.2, 0) is 0 Å². The van der Waals surface area contributed by atoms with Crippen LogP contribution in [-0.4, -0.2) is 12.5 Å². The van der Waals surface area contributed by atoms with Crippen molar-refractivity contribution in [2.75, 3.05) is 11.9 Å². The minimum absolute atomic E-state index is 0.219. The molecule has 0 aromatic heterocycles. The molecule has 0 aliphatic rings. The summed E-state index contributed by atoms with van der Waals surface area (Å²) in [5.41, 5.74) is 5.70. The van der Waals surface area contributed by atoms with Gasteiger partial charge in [0.1, 0.15) is 17.2 Å². The molecule has 0 saturated heterocycles. The molecule has 5 heteroatoms. The summed E-state index contributed by atoms with van der Waals surface area (Å²) in [6, 6.07) is 9.87. The van der Waals surface area contributed by atoms with Crippen LogP contribution in [0.25, 0.3) is 0 Å². The first-order chi connectivity index (χ1) is 10.1. The van der Waals surface area contributed by atoms with Gasteiger partial charge in [0.05, 0.1) is 6.54 Å². The van der Waals surface area contributed by atoms with Crippen molar-refractivity contribution in [3.05, 3.63) is 65.2 Å². The molecule has 2 aromatic rings. The van der Waals surface area contributed by atoms with Gasteiger partial charge in [0.15, 0.2) is 0 Å². The highest BCUT2D eigenvalue weighted by molar-refractivity contribution is 6.04. The zero-order chi connectivity index (χ0) is 15.2. The number of rotatable bonds is 2. The van der Waals surface area contributed by atoms with Crippen LogP contribution in [0.1, 0.15) is 15.9 Å². The van der Waals surface area contributed by atoms with Gasteiger partial charge in [0.25, 0.3) is 5.91 Å². The molecule has 0 heterocycles. The number of carbonyl (C=O) groups excluding carboxylic acids is 1. The maximum absolute atomic E-state index is 13.5. The van der Waals surface area contributed by atoms with Gasteiger partial charge >= 0.3 is 0 Å². The second kappa shape index (κ2) is 6.64. The van der Waals surface area contributed by atoms with Crippen LogP contribution in [0.5, 0.6) is 0 Å². The average Bonchev–Trinajstić information content (AvgIpc) is 2.45. The van der Waals surface area contributed by atoms with E-state index in [4.69, 9.17) is 5.73 Å². The summed E-state index contributed by atoms with van der Waals surface area (Å²) >= 11 is 0. The van der Waals surface area contributed by atoms with Crippen molar-refractivity contribution in [2.24, 2.45) is 5.73 Å². The van der Waals surface area contributed by atoms with Crippen molar-refractivity contribution in [3.63, 3.8) is 0 Å². The highest BCUT2D eigenvalue weighted by Crippen LogP contribution is 2.16. The normalized spacial score (nSPS) is 9.67. The summed E-state index contributed by atoms with van der Waals surface area (Å²) in [6.45, 7) is 0.219. The van der Waals surface area contributed by atoms with Crippen molar-refractivity contribution >= 4 is 11.6 Å². The number of nitrogens with one attached hydrogen (secondary N) is 1. The maximum Gasteiger partial charge on any atom is 0.261 e. The van der Waals surface area contributed by atoms with Gasteiger partial charge in [-0.25, -0.2) is 8.78 Å². The molecule has 0 atom stereocenters. The van der Waals surface area contributed by atoms with Crippen molar-refractivity contribution < 1.29 is 13.6 Å². The minimum Gasteiger partial charge on any atom is -0.322 e. The molecule has 3 nitrogen and oxygen atoms in total. The molecule has 0 spiro atoms. The van der Waals surface area contributed by atoms with E-state index < -0.39 is 23.1 Å². The van der Waals surface area contributed by atoms with Crippen molar-refractivity contribution in [1.82, 2.24) is 0 Å². The largest absolute Gasteiger partial charge is 0.322 e. The number of amides is 1. The lowest BCUT2D eigenvalue weighted by Crippen LogP contribution is -2.15. The third-order valence-corrected chi connectivity index (χ3v) is 2.65. The first-order valence-electron chi connectivity index (χ1n) is 6.16. The topological polar surface area (TPSA) is 55.1 Å².